The van der Waals surface area contributed by atoms with Crippen molar-refractivity contribution in [1.82, 2.24) is 0 Å². The largest absolute Gasteiger partial charge is 0.396 e. The van der Waals surface area contributed by atoms with Crippen molar-refractivity contribution >= 4 is 18.7 Å². The van der Waals surface area contributed by atoms with Crippen molar-refractivity contribution in [2.45, 2.75) is 26.1 Å². The Morgan fingerprint density at radius 2 is 2.18 bits per heavy atom. The van der Waals surface area contributed by atoms with E-state index in [0.29, 0.717) is 0 Å². The highest BCUT2D eigenvalue weighted by Crippen LogP contribution is 2.09. The summed E-state index contributed by atoms with van der Waals surface area (Å²) in [5.74, 6) is 0. The van der Waals surface area contributed by atoms with E-state index in [4.69, 9.17) is 15.5 Å². The van der Waals surface area contributed by atoms with Crippen LogP contribution in [0, 0.1) is 10.1 Å². The fourth-order valence-electron chi connectivity index (χ4n) is 0.380. The molecule has 0 N–H and O–H groups in total. The molecule has 0 saturated heterocycles. The molecule has 0 fully saturated rings. The molecule has 6 heteroatoms. The average molecular weight is 198 g/mol. The molecule has 0 aromatic carbocycles. The second-order valence-corrected chi connectivity index (χ2v) is 8.55. The van der Waals surface area contributed by atoms with Crippen LogP contribution in [0.3, 0.4) is 0 Å². The third-order valence-electron chi connectivity index (χ3n) is 1.03. The number of halogens is 1. The molecular formula is C5H12ClNO3Si. The second kappa shape index (κ2) is 4.03. The Morgan fingerprint density at radius 3 is 2.45 bits per heavy atom. The van der Waals surface area contributed by atoms with Crippen molar-refractivity contribution in [3.05, 3.63) is 10.1 Å². The van der Waals surface area contributed by atoms with E-state index in [9.17, 15) is 10.1 Å². The third kappa shape index (κ3) is 6.27. The first-order valence-electron chi connectivity index (χ1n) is 3.29. The Kier molecular flexibility index (Phi) is 3.99. The van der Waals surface area contributed by atoms with Crippen LogP contribution in [0.15, 0.2) is 0 Å². The van der Waals surface area contributed by atoms with Crippen molar-refractivity contribution in [2.75, 3.05) is 6.61 Å². The molecule has 0 aliphatic carbocycles. The predicted octanol–water partition coefficient (Wildman–Crippen LogP) is 1.61. The van der Waals surface area contributed by atoms with E-state index in [-0.39, 0.29) is 11.5 Å². The van der Waals surface area contributed by atoms with Crippen molar-refractivity contribution in [3.8, 4) is 0 Å². The lowest BCUT2D eigenvalue weighted by Gasteiger charge is -2.14. The first kappa shape index (κ1) is 10.9. The Hall–Kier alpha value is -0.133. The Bertz CT molecular complexity index is 147. The van der Waals surface area contributed by atoms with Crippen LogP contribution in [0.25, 0.3) is 0 Å². The van der Waals surface area contributed by atoms with Gasteiger partial charge in [-0.25, -0.2) is 0 Å². The lowest BCUT2D eigenvalue weighted by Crippen LogP contribution is -2.30. The van der Waals surface area contributed by atoms with E-state index in [1.54, 1.807) is 13.1 Å². The summed E-state index contributed by atoms with van der Waals surface area (Å²) in [7, 11) is -2.10. The fourth-order valence-corrected chi connectivity index (χ4v) is 1.21. The van der Waals surface area contributed by atoms with Gasteiger partial charge in [0.05, 0.1) is 0 Å². The monoisotopic (exact) mass is 197 g/mol. The lowest BCUT2D eigenvalue weighted by molar-refractivity contribution is -0.520. The van der Waals surface area contributed by atoms with Gasteiger partial charge < -0.3 is 4.43 Å². The van der Waals surface area contributed by atoms with Crippen LogP contribution in [0.4, 0.5) is 0 Å². The van der Waals surface area contributed by atoms with Crippen LogP contribution in [0.5, 0.6) is 0 Å². The van der Waals surface area contributed by atoms with E-state index >= 15 is 0 Å². The molecule has 0 bridgehead atoms. The summed E-state index contributed by atoms with van der Waals surface area (Å²) in [5, 5.41) is 10.1. The van der Waals surface area contributed by atoms with Gasteiger partial charge in [0, 0.05) is 11.8 Å². The zero-order chi connectivity index (χ0) is 9.07. The van der Waals surface area contributed by atoms with Gasteiger partial charge >= 0.3 is 0 Å². The molecule has 0 heterocycles. The highest BCUT2D eigenvalue weighted by molar-refractivity contribution is 7.15. The Balaban J connectivity index is 3.63. The second-order valence-electron chi connectivity index (χ2n) is 2.81. The zero-order valence-corrected chi connectivity index (χ0v) is 8.59. The minimum atomic E-state index is -2.10. The maximum atomic E-state index is 10.1. The van der Waals surface area contributed by atoms with E-state index in [0.717, 1.165) is 0 Å². The van der Waals surface area contributed by atoms with Crippen molar-refractivity contribution < 1.29 is 9.35 Å². The summed E-state index contributed by atoms with van der Waals surface area (Å²) >= 11 is 5.78. The number of hydrogen-bond donors (Lipinski definition) is 0. The standard InChI is InChI=1S/C5H12ClNO3Si/c1-5(7(8)9)4-10-11(2,3)6/h5H,4H2,1-3H3. The van der Waals surface area contributed by atoms with Crippen LogP contribution in [0.1, 0.15) is 6.92 Å². The molecule has 0 spiro atoms. The Labute approximate surface area is 71.5 Å². The van der Waals surface area contributed by atoms with Gasteiger partial charge in [0.1, 0.15) is 6.61 Å². The molecule has 0 amide bonds. The number of rotatable bonds is 4. The van der Waals surface area contributed by atoms with E-state index in [1.807, 2.05) is 0 Å². The minimum absolute atomic E-state index is 0.107. The first-order valence-corrected chi connectivity index (χ1v) is 7.21. The minimum Gasteiger partial charge on any atom is -0.396 e. The van der Waals surface area contributed by atoms with Gasteiger partial charge in [-0.2, -0.15) is 0 Å². The summed E-state index contributed by atoms with van der Waals surface area (Å²) in [5.41, 5.74) is 0. The van der Waals surface area contributed by atoms with Gasteiger partial charge in [-0.1, -0.05) is 0 Å². The van der Waals surface area contributed by atoms with Crippen LogP contribution in [-0.2, 0) is 4.43 Å². The normalized spacial score (nSPS) is 14.5. The molecule has 0 aromatic heterocycles. The third-order valence-corrected chi connectivity index (χ3v) is 2.21. The zero-order valence-electron chi connectivity index (χ0n) is 6.83. The SMILES string of the molecule is CC(CO[Si](C)(C)Cl)[N+](=O)[O-]. The fraction of sp³-hybridized carbons (Fsp3) is 1.00. The quantitative estimate of drug-likeness (QED) is 0.298. The van der Waals surface area contributed by atoms with Gasteiger partial charge in [0.15, 0.2) is 0 Å². The number of nitro groups is 1. The van der Waals surface area contributed by atoms with Crippen LogP contribution in [-0.4, -0.2) is 25.2 Å². The van der Waals surface area contributed by atoms with Crippen LogP contribution in [0.2, 0.25) is 13.1 Å². The first-order chi connectivity index (χ1) is 4.83. The molecule has 0 aliphatic heterocycles. The van der Waals surface area contributed by atoms with E-state index in [2.05, 4.69) is 0 Å². The van der Waals surface area contributed by atoms with Gasteiger partial charge in [0.25, 0.3) is 7.63 Å². The van der Waals surface area contributed by atoms with E-state index < -0.39 is 13.7 Å². The van der Waals surface area contributed by atoms with Gasteiger partial charge in [0.2, 0.25) is 6.04 Å². The molecular weight excluding hydrogens is 186 g/mol. The summed E-state index contributed by atoms with van der Waals surface area (Å²) in [6.07, 6.45) is 0. The van der Waals surface area contributed by atoms with Gasteiger partial charge in [-0.05, 0) is 13.1 Å². The van der Waals surface area contributed by atoms with Gasteiger partial charge in [-0.3, -0.25) is 10.1 Å². The highest BCUT2D eigenvalue weighted by Gasteiger charge is 2.22. The summed E-state index contributed by atoms with van der Waals surface area (Å²) < 4.78 is 5.12. The van der Waals surface area contributed by atoms with Gasteiger partial charge in [-0.15, -0.1) is 11.1 Å². The number of nitrogens with zero attached hydrogens (tertiary/aromatic N) is 1. The molecule has 66 valence electrons. The molecule has 0 saturated carbocycles. The molecule has 0 rings (SSSR count). The summed E-state index contributed by atoms with van der Waals surface area (Å²) in [4.78, 5) is 9.74. The lowest BCUT2D eigenvalue weighted by atomic mass is 10.4. The summed E-state index contributed by atoms with van der Waals surface area (Å²) in [6.45, 7) is 5.16. The smallest absolute Gasteiger partial charge is 0.284 e. The van der Waals surface area contributed by atoms with Crippen LogP contribution >= 0.6 is 11.1 Å². The van der Waals surface area contributed by atoms with Crippen molar-refractivity contribution in [3.63, 3.8) is 0 Å². The molecule has 0 aromatic rings. The maximum Gasteiger partial charge on any atom is 0.284 e. The Morgan fingerprint density at radius 1 is 1.73 bits per heavy atom. The predicted molar refractivity (Wildman–Crippen MR) is 45.7 cm³/mol. The molecule has 0 radical (unpaired) electrons. The molecule has 1 unspecified atom stereocenters. The highest BCUT2D eigenvalue weighted by atomic mass is 35.6. The maximum absolute atomic E-state index is 10.1. The van der Waals surface area contributed by atoms with Crippen molar-refractivity contribution in [1.29, 1.82) is 0 Å². The van der Waals surface area contributed by atoms with E-state index in [1.165, 1.54) is 6.92 Å². The van der Waals surface area contributed by atoms with Crippen molar-refractivity contribution in [2.24, 2.45) is 0 Å². The molecule has 11 heavy (non-hydrogen) atoms. The molecule has 1 atom stereocenters. The van der Waals surface area contributed by atoms with Crippen LogP contribution < -0.4 is 0 Å². The summed E-state index contributed by atoms with van der Waals surface area (Å²) in [6, 6.07) is -0.666. The average Bonchev–Trinajstić information content (AvgIpc) is 1.80. The topological polar surface area (TPSA) is 52.4 Å². The molecule has 0 aliphatic rings. The molecule has 4 nitrogen and oxygen atoms in total. The number of hydrogen-bond acceptors (Lipinski definition) is 3.